The number of nitrogens with one attached hydrogen (secondary N) is 2. The van der Waals surface area contributed by atoms with E-state index in [1.807, 2.05) is 0 Å². The first-order chi connectivity index (χ1) is 31.5. The van der Waals surface area contributed by atoms with Gasteiger partial charge in [0.15, 0.2) is 0 Å². The molecule has 0 amide bonds. The number of hydrogen-bond acceptors (Lipinski definition) is 8. The highest BCUT2D eigenvalue weighted by molar-refractivity contribution is 4.99. The van der Waals surface area contributed by atoms with Gasteiger partial charge in [0.2, 0.25) is 0 Å². The van der Waals surface area contributed by atoms with Crippen molar-refractivity contribution in [2.24, 2.45) is 38.5 Å². The van der Waals surface area contributed by atoms with E-state index in [-0.39, 0.29) is 6.10 Å². The molecule has 10 aliphatic carbocycles. The van der Waals surface area contributed by atoms with Crippen molar-refractivity contribution >= 4 is 0 Å². The van der Waals surface area contributed by atoms with E-state index in [0.717, 1.165) is 53.1 Å². The second kappa shape index (κ2) is 27.9. The van der Waals surface area contributed by atoms with Crippen molar-refractivity contribution in [3.8, 4) is 0 Å². The molecule has 5 spiro atoms. The van der Waals surface area contributed by atoms with E-state index in [1.165, 1.54) is 277 Å². The fourth-order valence-corrected chi connectivity index (χ4v) is 12.5. The zero-order valence-electron chi connectivity index (χ0n) is 43.4. The normalized spacial score (nSPS) is 30.2. The van der Waals surface area contributed by atoms with Gasteiger partial charge in [-0.15, -0.1) is 0 Å². The summed E-state index contributed by atoms with van der Waals surface area (Å²) < 4.78 is 5.08. The molecular weight excluding hydrogens is 801 g/mol. The Kier molecular flexibility index (Phi) is 23.2. The van der Waals surface area contributed by atoms with Crippen molar-refractivity contribution in [2.45, 2.75) is 256 Å². The molecule has 380 valence electrons. The van der Waals surface area contributed by atoms with E-state index in [1.54, 1.807) is 0 Å². The van der Waals surface area contributed by atoms with Gasteiger partial charge in [-0.2, -0.15) is 0 Å². The van der Waals surface area contributed by atoms with Crippen LogP contribution in [0.2, 0.25) is 0 Å². The van der Waals surface area contributed by atoms with E-state index in [0.29, 0.717) is 12.1 Å². The monoisotopic (exact) mass is 911 g/mol. The lowest BCUT2D eigenvalue weighted by Crippen LogP contribution is -2.57. The summed E-state index contributed by atoms with van der Waals surface area (Å²) in [6.07, 6.45) is 52.6. The van der Waals surface area contributed by atoms with Crippen LogP contribution in [0.3, 0.4) is 0 Å². The van der Waals surface area contributed by atoms with Crippen LogP contribution in [0.5, 0.6) is 0 Å². The number of likely N-dealkylation sites (tertiary alicyclic amines) is 2. The maximum absolute atomic E-state index is 8.45. The van der Waals surface area contributed by atoms with Crippen molar-refractivity contribution < 1.29 is 9.84 Å². The number of aliphatic hydroxyl groups excluding tert-OH is 1. The molecule has 0 radical (unpaired) electrons. The lowest BCUT2D eigenvalue weighted by Gasteiger charge is -2.54. The van der Waals surface area contributed by atoms with Gasteiger partial charge in [-0.3, -0.25) is 0 Å². The quantitative estimate of drug-likeness (QED) is 0.163. The smallest absolute Gasteiger partial charge is 0.0544 e. The maximum atomic E-state index is 8.45. The third kappa shape index (κ3) is 18.4. The summed E-state index contributed by atoms with van der Waals surface area (Å²) in [6.45, 7) is 12.8. The molecule has 7 N–H and O–H groups in total. The van der Waals surface area contributed by atoms with Crippen molar-refractivity contribution in [3.05, 3.63) is 0 Å². The highest BCUT2D eigenvalue weighted by Crippen LogP contribution is 2.49. The van der Waals surface area contributed by atoms with E-state index in [2.05, 4.69) is 34.5 Å². The SMILES string of the molecule is C1CC2(C1)CCNC2.C1CC2(C1)CNC2.C1CC2(C1)COC2.C1CCC1.C1CCCC1.CN1CC2(CCC2)C1.CN1CCC2(CCC2)C1.NC1CCCC1.NC1CCCC1.OC1CCC1. The first-order valence-electron chi connectivity index (χ1n) is 29.1. The highest BCUT2D eigenvalue weighted by atomic mass is 16.5. The molecule has 5 aliphatic heterocycles. The summed E-state index contributed by atoms with van der Waals surface area (Å²) in [5.41, 5.74) is 15.1. The van der Waals surface area contributed by atoms with Crippen molar-refractivity contribution in [1.82, 2.24) is 20.4 Å². The number of aliphatic hydroxyl groups is 1. The van der Waals surface area contributed by atoms with Crippen molar-refractivity contribution in [2.75, 3.05) is 79.7 Å². The van der Waals surface area contributed by atoms with Gasteiger partial charge in [-0.25, -0.2) is 0 Å². The minimum Gasteiger partial charge on any atom is -0.393 e. The second-order valence-electron chi connectivity index (χ2n) is 25.3. The number of ether oxygens (including phenoxy) is 1. The molecule has 65 heavy (non-hydrogen) atoms. The van der Waals surface area contributed by atoms with Gasteiger partial charge in [0.1, 0.15) is 0 Å². The van der Waals surface area contributed by atoms with E-state index in [4.69, 9.17) is 21.3 Å². The van der Waals surface area contributed by atoms with Crippen LogP contribution in [0.25, 0.3) is 0 Å². The molecule has 15 aliphatic rings. The van der Waals surface area contributed by atoms with E-state index >= 15 is 0 Å². The van der Waals surface area contributed by atoms with Gasteiger partial charge < -0.3 is 41.7 Å². The van der Waals surface area contributed by atoms with Crippen molar-refractivity contribution in [1.29, 1.82) is 0 Å². The second-order valence-corrected chi connectivity index (χ2v) is 25.3. The Bertz CT molecular complexity index is 1130. The molecule has 15 fully saturated rings. The number of hydrogen-bond donors (Lipinski definition) is 5. The highest BCUT2D eigenvalue weighted by Gasteiger charge is 2.46. The molecule has 0 aromatic carbocycles. The molecule has 0 aromatic rings. The zero-order valence-corrected chi connectivity index (χ0v) is 43.4. The molecule has 15 rings (SSSR count). The summed E-state index contributed by atoms with van der Waals surface area (Å²) in [6, 6.07) is 1.09. The van der Waals surface area contributed by atoms with Crippen LogP contribution in [-0.4, -0.2) is 113 Å². The summed E-state index contributed by atoms with van der Waals surface area (Å²) >= 11 is 0. The fourth-order valence-electron chi connectivity index (χ4n) is 12.5. The molecule has 0 aromatic heterocycles. The molecule has 8 nitrogen and oxygen atoms in total. The Morgan fingerprint density at radius 2 is 0.785 bits per heavy atom. The molecule has 10 saturated carbocycles. The number of nitrogens with zero attached hydrogens (tertiary/aromatic N) is 2. The van der Waals surface area contributed by atoms with Gasteiger partial charge in [0, 0.05) is 56.8 Å². The third-order valence-corrected chi connectivity index (χ3v) is 19.2. The minimum absolute atomic E-state index is 0.0648. The molecule has 5 heterocycles. The lowest BCUT2D eigenvalue weighted by atomic mass is 9.64. The summed E-state index contributed by atoms with van der Waals surface area (Å²) in [5, 5.41) is 15.2. The van der Waals surface area contributed by atoms with Crippen LogP contribution in [0, 0.1) is 27.1 Å². The minimum atomic E-state index is 0.0648. The summed E-state index contributed by atoms with van der Waals surface area (Å²) in [5.74, 6) is 0. The van der Waals surface area contributed by atoms with Crippen LogP contribution < -0.4 is 22.1 Å². The van der Waals surface area contributed by atoms with E-state index in [9.17, 15) is 0 Å². The average molecular weight is 912 g/mol. The maximum Gasteiger partial charge on any atom is 0.0544 e. The van der Waals surface area contributed by atoms with Crippen LogP contribution in [-0.2, 0) is 4.74 Å². The molecule has 0 unspecified atom stereocenters. The van der Waals surface area contributed by atoms with Crippen molar-refractivity contribution in [3.63, 3.8) is 0 Å². The zero-order chi connectivity index (χ0) is 45.7. The van der Waals surface area contributed by atoms with Gasteiger partial charge >= 0.3 is 0 Å². The number of rotatable bonds is 0. The molecule has 0 atom stereocenters. The third-order valence-electron chi connectivity index (χ3n) is 19.2. The first-order valence-corrected chi connectivity index (χ1v) is 29.1. The molecule has 0 bridgehead atoms. The Morgan fingerprint density at radius 3 is 0.892 bits per heavy atom. The van der Waals surface area contributed by atoms with Crippen LogP contribution in [0.1, 0.15) is 238 Å². The summed E-state index contributed by atoms with van der Waals surface area (Å²) in [4.78, 5) is 4.89. The Balaban J connectivity index is 0.000000121. The Hall–Kier alpha value is -0.320. The van der Waals surface area contributed by atoms with Gasteiger partial charge in [0.05, 0.1) is 19.3 Å². The van der Waals surface area contributed by atoms with Gasteiger partial charge in [-0.05, 0) is 171 Å². The summed E-state index contributed by atoms with van der Waals surface area (Å²) in [7, 11) is 4.46. The van der Waals surface area contributed by atoms with Crippen LogP contribution in [0.15, 0.2) is 0 Å². The number of nitrogens with two attached hydrogens (primary N) is 2. The van der Waals surface area contributed by atoms with Crippen LogP contribution >= 0.6 is 0 Å². The Labute approximate surface area is 402 Å². The van der Waals surface area contributed by atoms with Crippen LogP contribution in [0.4, 0.5) is 0 Å². The first kappa shape index (κ1) is 54.0. The predicted octanol–water partition coefficient (Wildman–Crippen LogP) is 11.5. The van der Waals surface area contributed by atoms with Gasteiger partial charge in [-0.1, -0.05) is 116 Å². The molecular formula is C57H110N6O2. The molecule has 8 heteroatoms. The average Bonchev–Trinajstić information content (AvgIpc) is 3.98. The fraction of sp³-hybridized carbons (Fsp3) is 1.00. The topological polar surface area (TPSA) is 112 Å². The predicted molar refractivity (Wildman–Crippen MR) is 277 cm³/mol. The largest absolute Gasteiger partial charge is 0.393 e. The molecule has 5 saturated heterocycles. The van der Waals surface area contributed by atoms with Gasteiger partial charge in [0.25, 0.3) is 0 Å². The Morgan fingerprint density at radius 1 is 0.400 bits per heavy atom. The van der Waals surface area contributed by atoms with E-state index < -0.39 is 0 Å². The standard InChI is InChI=1S/C8H15N.2C7H13N.C6H11N.C6H10O.2C5H11N.C5H10.C4H8O.C4H8/c1-9-6-5-8(7-9)3-2-4-8;1-8-5-7(6-8)3-2-4-7;1-2-7(3-1)4-5-8-6-7;2*1-2-6(3-1)4-7-5-6;2*6-5-3-1-2-4-5;1-2-4-5-3-1;5-4-2-1-3-4;1-2-4-3-1/h2-7H2,1H3;2-6H2,1H3;8H,1-6H2;7H,1-5H2;1-5H2;2*5H,1-4,6H2;1-5H2;4-5H,1-3H2;1-4H2. The lowest BCUT2D eigenvalue weighted by molar-refractivity contribution is -0.155.